The van der Waals surface area contributed by atoms with Gasteiger partial charge in [0, 0.05) is 0 Å². The first-order valence-electron chi connectivity index (χ1n) is 4.91. The molecule has 0 fully saturated rings. The van der Waals surface area contributed by atoms with Crippen molar-refractivity contribution in [2.24, 2.45) is 0 Å². The van der Waals surface area contributed by atoms with Gasteiger partial charge in [-0.05, 0) is 0 Å². The Bertz CT molecular complexity index is 285. The number of hydrogen-bond donors (Lipinski definition) is 1. The second-order valence-corrected chi connectivity index (χ2v) is 7.10. The zero-order chi connectivity index (χ0) is 10.2. The van der Waals surface area contributed by atoms with Crippen LogP contribution in [0.4, 0.5) is 0 Å². The van der Waals surface area contributed by atoms with Crippen molar-refractivity contribution in [3.63, 3.8) is 0 Å². The molecule has 0 amide bonds. The summed E-state index contributed by atoms with van der Waals surface area (Å²) in [5.41, 5.74) is 0. The quantitative estimate of drug-likeness (QED) is 0.628. The Balaban J connectivity index is 2.64. The van der Waals surface area contributed by atoms with E-state index in [1.165, 1.54) is 15.7 Å². The van der Waals surface area contributed by atoms with Crippen LogP contribution in [0.2, 0.25) is 5.02 Å². The van der Waals surface area contributed by atoms with Crippen LogP contribution in [0.25, 0.3) is 0 Å². The van der Waals surface area contributed by atoms with Gasteiger partial charge in [-0.15, -0.1) is 0 Å². The monoisotopic (exact) mass is 278 g/mol. The number of nitrogens with one attached hydrogen (secondary N) is 1. The third-order valence-corrected chi connectivity index (χ3v) is 6.26. The predicted octanol–water partition coefficient (Wildman–Crippen LogP) is 3.18. The first kappa shape index (κ1) is 11.5. The van der Waals surface area contributed by atoms with E-state index in [-0.39, 0.29) is 0 Å². The van der Waals surface area contributed by atoms with Crippen LogP contribution in [0.1, 0.15) is 20.3 Å². The number of rotatable bonds is 5. The number of allylic oxidation sites excluding steroid dienone is 3. The molecule has 0 bridgehead atoms. The molecule has 0 aliphatic heterocycles. The summed E-state index contributed by atoms with van der Waals surface area (Å²) in [5.74, 6) is 0. The number of aromatic nitrogens is 1. The second-order valence-electron chi connectivity index (χ2n) is 2.89. The van der Waals surface area contributed by atoms with Gasteiger partial charge in [-0.25, -0.2) is 0 Å². The van der Waals surface area contributed by atoms with Gasteiger partial charge in [-0.3, -0.25) is 0 Å². The molecular formula is C12H18NRu. The van der Waals surface area contributed by atoms with Gasteiger partial charge < -0.3 is 0 Å². The van der Waals surface area contributed by atoms with E-state index in [1.807, 2.05) is 6.20 Å². The topological polar surface area (TPSA) is 15.8 Å². The zero-order valence-electron chi connectivity index (χ0n) is 8.81. The molecule has 0 spiro atoms. The summed E-state index contributed by atoms with van der Waals surface area (Å²) >= 11 is -0.907. The fraction of sp³-hybridized carbons (Fsp3) is 0.333. The molecule has 1 rings (SSSR count). The summed E-state index contributed by atoms with van der Waals surface area (Å²) in [6.07, 6.45) is 9.67. The van der Waals surface area contributed by atoms with Crippen molar-refractivity contribution in [2.75, 3.05) is 0 Å². The van der Waals surface area contributed by atoms with Crippen LogP contribution in [0.15, 0.2) is 41.2 Å². The zero-order valence-corrected chi connectivity index (χ0v) is 10.5. The molecular weight excluding hydrogens is 259 g/mol. The van der Waals surface area contributed by atoms with Gasteiger partial charge in [0.2, 0.25) is 0 Å². The number of H-pyrrole nitrogens is 1. The maximum atomic E-state index is 3.34. The number of hydrogen-bond acceptors (Lipinski definition) is 0. The van der Waals surface area contributed by atoms with E-state index in [2.05, 4.69) is 53.9 Å². The van der Waals surface area contributed by atoms with Crippen LogP contribution in [-0.2, 0) is 16.0 Å². The van der Waals surface area contributed by atoms with Crippen molar-refractivity contribution >= 4 is 4.29 Å². The first-order chi connectivity index (χ1) is 6.88. The molecule has 2 heteroatoms. The van der Waals surface area contributed by atoms with Crippen LogP contribution < -0.4 is 4.29 Å². The normalized spacial score (nSPS) is 12.9. The van der Waals surface area contributed by atoms with Crippen molar-refractivity contribution in [3.05, 3.63) is 41.2 Å². The van der Waals surface area contributed by atoms with Crippen molar-refractivity contribution in [1.29, 1.82) is 0 Å². The van der Waals surface area contributed by atoms with Gasteiger partial charge in [0.05, 0.1) is 0 Å². The Kier molecular flexibility index (Phi) is 5.55. The predicted molar refractivity (Wildman–Crippen MR) is 59.5 cm³/mol. The van der Waals surface area contributed by atoms with Gasteiger partial charge >= 0.3 is 91.7 Å². The molecule has 1 N–H and O–H groups in total. The van der Waals surface area contributed by atoms with Crippen LogP contribution in [0.5, 0.6) is 0 Å². The fourth-order valence-electron chi connectivity index (χ4n) is 1.09. The van der Waals surface area contributed by atoms with Crippen LogP contribution >= 0.6 is 0 Å². The minimum absolute atomic E-state index is 0.907. The Morgan fingerprint density at radius 1 is 1.43 bits per heavy atom. The molecule has 0 saturated heterocycles. The molecule has 0 saturated carbocycles. The molecule has 14 heavy (non-hydrogen) atoms. The summed E-state index contributed by atoms with van der Waals surface area (Å²) in [4.78, 5) is 3.34. The van der Waals surface area contributed by atoms with Crippen LogP contribution in [-0.4, -0.2) is 4.98 Å². The van der Waals surface area contributed by atoms with Gasteiger partial charge in [0.25, 0.3) is 0 Å². The molecule has 0 unspecified atom stereocenters. The standard InChI is InChI=1S/C5H7.C4H4N.C3H7.Ru/c1-3-5-4-2;1-2-4-5-3-1;1-3-2;/h1,3-5H,2H3;1-3,5H;1,3H2,2H3;. The third kappa shape index (κ3) is 3.63. The SMILES string of the molecule is CC=CC=[CH][Ru]([CH2]CC)[c]1ccc[nH]1. The second kappa shape index (κ2) is 6.78. The molecule has 0 atom stereocenters. The summed E-state index contributed by atoms with van der Waals surface area (Å²) in [6.45, 7) is 4.31. The minimum atomic E-state index is -0.907. The average Bonchev–Trinajstić information content (AvgIpc) is 2.70. The maximum absolute atomic E-state index is 3.34. The summed E-state index contributed by atoms with van der Waals surface area (Å²) in [5, 5.41) is 1.35. The van der Waals surface area contributed by atoms with E-state index in [9.17, 15) is 0 Å². The molecule has 0 radical (unpaired) electrons. The first-order valence-corrected chi connectivity index (χ1v) is 8.01. The van der Waals surface area contributed by atoms with Crippen molar-refractivity contribution < 1.29 is 16.0 Å². The fourth-order valence-corrected chi connectivity index (χ4v) is 4.70. The Hall–Kier alpha value is -0.617. The number of aromatic amines is 1. The molecule has 0 aliphatic carbocycles. The Morgan fingerprint density at radius 3 is 2.86 bits per heavy atom. The van der Waals surface area contributed by atoms with Crippen molar-refractivity contribution in [2.45, 2.75) is 25.3 Å². The van der Waals surface area contributed by atoms with E-state index in [0.29, 0.717) is 0 Å². The van der Waals surface area contributed by atoms with E-state index in [4.69, 9.17) is 0 Å². The molecule has 1 nitrogen and oxygen atoms in total. The van der Waals surface area contributed by atoms with Crippen molar-refractivity contribution in [1.82, 2.24) is 4.98 Å². The Labute approximate surface area is 91.8 Å². The van der Waals surface area contributed by atoms with E-state index >= 15 is 0 Å². The van der Waals surface area contributed by atoms with Gasteiger partial charge in [-0.2, -0.15) is 0 Å². The van der Waals surface area contributed by atoms with Crippen LogP contribution in [0, 0.1) is 0 Å². The van der Waals surface area contributed by atoms with E-state index in [0.717, 1.165) is 0 Å². The Morgan fingerprint density at radius 2 is 2.29 bits per heavy atom. The molecule has 0 aromatic carbocycles. The average molecular weight is 277 g/mol. The molecule has 1 heterocycles. The van der Waals surface area contributed by atoms with E-state index < -0.39 is 16.0 Å². The van der Waals surface area contributed by atoms with Gasteiger partial charge in [0.15, 0.2) is 0 Å². The molecule has 0 aliphatic rings. The van der Waals surface area contributed by atoms with Gasteiger partial charge in [-0.1, -0.05) is 0 Å². The van der Waals surface area contributed by atoms with Crippen LogP contribution in [0.3, 0.4) is 0 Å². The summed E-state index contributed by atoms with van der Waals surface area (Å²) in [7, 11) is 0. The molecule has 1 aromatic rings. The molecule has 1 aromatic heterocycles. The third-order valence-electron chi connectivity index (χ3n) is 1.68. The van der Waals surface area contributed by atoms with Gasteiger partial charge in [0.1, 0.15) is 0 Å². The summed E-state index contributed by atoms with van der Waals surface area (Å²) in [6, 6.07) is 4.31. The van der Waals surface area contributed by atoms with Crippen molar-refractivity contribution in [3.8, 4) is 0 Å². The summed E-state index contributed by atoms with van der Waals surface area (Å²) < 4.78 is 3.86. The molecule has 79 valence electrons. The van der Waals surface area contributed by atoms with E-state index in [1.54, 1.807) is 0 Å².